The Labute approximate surface area is 111 Å². The molecule has 19 heavy (non-hydrogen) atoms. The number of anilines is 1. The van der Waals surface area contributed by atoms with Crippen molar-refractivity contribution < 1.29 is 5.11 Å². The highest BCUT2D eigenvalue weighted by Gasteiger charge is 2.06. The summed E-state index contributed by atoms with van der Waals surface area (Å²) < 4.78 is 1.72. The predicted octanol–water partition coefficient (Wildman–Crippen LogP) is 0.322. The molecule has 0 atom stereocenters. The Bertz CT molecular complexity index is 539. The van der Waals surface area contributed by atoms with Crippen molar-refractivity contribution in [3.63, 3.8) is 0 Å². The maximum Gasteiger partial charge on any atom is 0.132 e. The minimum Gasteiger partial charge on any atom is -0.396 e. The SMILES string of the molecule is Cc1ncc(Cn2cc(CCCCO)nn2)c(N)n1. The van der Waals surface area contributed by atoms with E-state index >= 15 is 0 Å². The third-order valence-electron chi connectivity index (χ3n) is 2.78. The first-order valence-corrected chi connectivity index (χ1v) is 6.27. The summed E-state index contributed by atoms with van der Waals surface area (Å²) in [6, 6.07) is 0. The molecule has 2 aromatic heterocycles. The van der Waals surface area contributed by atoms with Crippen LogP contribution in [0.15, 0.2) is 12.4 Å². The molecule has 102 valence electrons. The lowest BCUT2D eigenvalue weighted by Gasteiger charge is -2.04. The molecule has 0 saturated heterocycles. The van der Waals surface area contributed by atoms with E-state index in [4.69, 9.17) is 10.8 Å². The fraction of sp³-hybridized carbons (Fsp3) is 0.500. The van der Waals surface area contributed by atoms with Crippen LogP contribution in [0, 0.1) is 6.92 Å². The zero-order chi connectivity index (χ0) is 13.7. The summed E-state index contributed by atoms with van der Waals surface area (Å²) in [6.45, 7) is 2.53. The molecule has 0 aliphatic carbocycles. The molecule has 2 aromatic rings. The van der Waals surface area contributed by atoms with Crippen LogP contribution in [0.3, 0.4) is 0 Å². The average Bonchev–Trinajstić information content (AvgIpc) is 2.81. The van der Waals surface area contributed by atoms with Crippen molar-refractivity contribution in [1.29, 1.82) is 0 Å². The number of hydrogen-bond donors (Lipinski definition) is 2. The van der Waals surface area contributed by atoms with Crippen molar-refractivity contribution >= 4 is 5.82 Å². The van der Waals surface area contributed by atoms with E-state index in [0.717, 1.165) is 30.5 Å². The maximum absolute atomic E-state index is 8.73. The molecule has 0 aromatic carbocycles. The molecule has 2 rings (SSSR count). The summed E-state index contributed by atoms with van der Waals surface area (Å²) in [5.41, 5.74) is 7.58. The highest BCUT2D eigenvalue weighted by atomic mass is 16.2. The van der Waals surface area contributed by atoms with Crippen molar-refractivity contribution in [2.75, 3.05) is 12.3 Å². The summed E-state index contributed by atoms with van der Waals surface area (Å²) in [4.78, 5) is 8.24. The van der Waals surface area contributed by atoms with Crippen LogP contribution in [-0.4, -0.2) is 36.7 Å². The van der Waals surface area contributed by atoms with Crippen LogP contribution in [0.5, 0.6) is 0 Å². The number of rotatable bonds is 6. The number of aromatic nitrogens is 5. The van der Waals surface area contributed by atoms with Gasteiger partial charge in [0, 0.05) is 24.6 Å². The van der Waals surface area contributed by atoms with E-state index in [1.165, 1.54) is 0 Å². The largest absolute Gasteiger partial charge is 0.396 e. The van der Waals surface area contributed by atoms with Crippen molar-refractivity contribution in [3.8, 4) is 0 Å². The Morgan fingerprint density at radius 1 is 1.37 bits per heavy atom. The number of aliphatic hydroxyl groups excluding tert-OH is 1. The van der Waals surface area contributed by atoms with E-state index in [-0.39, 0.29) is 6.61 Å². The van der Waals surface area contributed by atoms with E-state index in [0.29, 0.717) is 18.2 Å². The van der Waals surface area contributed by atoms with Gasteiger partial charge in [-0.3, -0.25) is 0 Å². The van der Waals surface area contributed by atoms with Gasteiger partial charge in [0.05, 0.1) is 12.2 Å². The minimum absolute atomic E-state index is 0.214. The van der Waals surface area contributed by atoms with Gasteiger partial charge in [0.1, 0.15) is 11.6 Å². The van der Waals surface area contributed by atoms with Gasteiger partial charge in [-0.1, -0.05) is 5.21 Å². The topological polar surface area (TPSA) is 103 Å². The first-order chi connectivity index (χ1) is 9.19. The van der Waals surface area contributed by atoms with Gasteiger partial charge in [0.25, 0.3) is 0 Å². The first-order valence-electron chi connectivity index (χ1n) is 6.27. The molecule has 0 fully saturated rings. The van der Waals surface area contributed by atoms with E-state index in [2.05, 4.69) is 20.3 Å². The molecule has 0 aliphatic rings. The Hall–Kier alpha value is -2.02. The lowest BCUT2D eigenvalue weighted by atomic mass is 10.2. The number of aryl methyl sites for hydroxylation is 2. The van der Waals surface area contributed by atoms with Gasteiger partial charge < -0.3 is 10.8 Å². The third kappa shape index (κ3) is 3.72. The zero-order valence-electron chi connectivity index (χ0n) is 11.0. The molecule has 7 heteroatoms. The molecule has 0 spiro atoms. The van der Waals surface area contributed by atoms with Gasteiger partial charge in [-0.15, -0.1) is 5.10 Å². The van der Waals surface area contributed by atoms with Crippen molar-refractivity contribution in [1.82, 2.24) is 25.0 Å². The van der Waals surface area contributed by atoms with Gasteiger partial charge in [-0.25, -0.2) is 14.6 Å². The van der Waals surface area contributed by atoms with E-state index in [1.807, 2.05) is 6.20 Å². The number of unbranched alkanes of at least 4 members (excludes halogenated alkanes) is 1. The monoisotopic (exact) mass is 262 g/mol. The van der Waals surface area contributed by atoms with Crippen molar-refractivity contribution in [2.45, 2.75) is 32.7 Å². The predicted molar refractivity (Wildman–Crippen MR) is 70.3 cm³/mol. The number of nitrogens with two attached hydrogens (primary N) is 1. The van der Waals surface area contributed by atoms with Crippen LogP contribution in [0.4, 0.5) is 5.82 Å². The zero-order valence-corrected chi connectivity index (χ0v) is 11.0. The van der Waals surface area contributed by atoms with Gasteiger partial charge in [-0.2, -0.15) is 0 Å². The molecular formula is C12H18N6O. The Kier molecular flexibility index (Phi) is 4.40. The fourth-order valence-corrected chi connectivity index (χ4v) is 1.76. The van der Waals surface area contributed by atoms with Crippen LogP contribution in [0.1, 0.15) is 29.9 Å². The fourth-order valence-electron chi connectivity index (χ4n) is 1.76. The van der Waals surface area contributed by atoms with Crippen LogP contribution < -0.4 is 5.73 Å². The molecule has 0 radical (unpaired) electrons. The Morgan fingerprint density at radius 3 is 2.95 bits per heavy atom. The van der Waals surface area contributed by atoms with Gasteiger partial charge in [-0.05, 0) is 26.2 Å². The smallest absolute Gasteiger partial charge is 0.132 e. The van der Waals surface area contributed by atoms with Gasteiger partial charge in [0.2, 0.25) is 0 Å². The number of aliphatic hydroxyl groups is 1. The summed E-state index contributed by atoms with van der Waals surface area (Å²) in [7, 11) is 0. The molecule has 0 aliphatic heterocycles. The second kappa shape index (κ2) is 6.24. The lowest BCUT2D eigenvalue weighted by Crippen LogP contribution is -2.07. The summed E-state index contributed by atoms with van der Waals surface area (Å²) in [6.07, 6.45) is 6.11. The third-order valence-corrected chi connectivity index (χ3v) is 2.78. The number of nitrogens with zero attached hydrogens (tertiary/aromatic N) is 5. The van der Waals surface area contributed by atoms with Crippen molar-refractivity contribution in [3.05, 3.63) is 29.5 Å². The average molecular weight is 262 g/mol. The van der Waals surface area contributed by atoms with E-state index < -0.39 is 0 Å². The normalized spacial score (nSPS) is 10.8. The minimum atomic E-state index is 0.214. The summed E-state index contributed by atoms with van der Waals surface area (Å²) in [5, 5.41) is 16.9. The van der Waals surface area contributed by atoms with Crippen molar-refractivity contribution in [2.24, 2.45) is 0 Å². The molecule has 0 amide bonds. The second-order valence-electron chi connectivity index (χ2n) is 4.42. The highest BCUT2D eigenvalue weighted by molar-refractivity contribution is 5.37. The summed E-state index contributed by atoms with van der Waals surface area (Å²) >= 11 is 0. The molecule has 0 unspecified atom stereocenters. The van der Waals surface area contributed by atoms with Crippen LogP contribution in [-0.2, 0) is 13.0 Å². The molecule has 2 heterocycles. The maximum atomic E-state index is 8.73. The lowest BCUT2D eigenvalue weighted by molar-refractivity contribution is 0.284. The summed E-state index contributed by atoms with van der Waals surface area (Å²) in [5.74, 6) is 1.13. The molecular weight excluding hydrogens is 244 g/mol. The Balaban J connectivity index is 1.99. The highest BCUT2D eigenvalue weighted by Crippen LogP contribution is 2.09. The molecule has 7 nitrogen and oxygen atoms in total. The molecule has 0 saturated carbocycles. The van der Waals surface area contributed by atoms with E-state index in [9.17, 15) is 0 Å². The van der Waals surface area contributed by atoms with Crippen LogP contribution in [0.25, 0.3) is 0 Å². The Morgan fingerprint density at radius 2 is 2.21 bits per heavy atom. The second-order valence-corrected chi connectivity index (χ2v) is 4.42. The molecule has 0 bridgehead atoms. The number of nitrogen functional groups attached to an aromatic ring is 1. The quantitative estimate of drug-likeness (QED) is 0.727. The van der Waals surface area contributed by atoms with E-state index in [1.54, 1.807) is 17.8 Å². The van der Waals surface area contributed by atoms with Gasteiger partial charge in [0.15, 0.2) is 0 Å². The standard InChI is InChI=1S/C12H18N6O/c1-9-14-6-10(12(13)15-9)7-18-8-11(16-17-18)4-2-3-5-19/h6,8,19H,2-5,7H2,1H3,(H2,13,14,15). The van der Waals surface area contributed by atoms with Gasteiger partial charge >= 0.3 is 0 Å². The first kappa shape index (κ1) is 13.4. The number of hydrogen-bond acceptors (Lipinski definition) is 6. The van der Waals surface area contributed by atoms with Crippen LogP contribution in [0.2, 0.25) is 0 Å². The molecule has 3 N–H and O–H groups in total. The van der Waals surface area contributed by atoms with Crippen LogP contribution >= 0.6 is 0 Å².